The first-order valence-corrected chi connectivity index (χ1v) is 16.3. The Morgan fingerprint density at radius 1 is 0.894 bits per heavy atom. The van der Waals surface area contributed by atoms with Crippen LogP contribution < -0.4 is 14.5 Å². The fraction of sp³-hybridized carbons (Fsp3) is 0.314. The summed E-state index contributed by atoms with van der Waals surface area (Å²) in [6.07, 6.45) is 1.86. The van der Waals surface area contributed by atoms with Crippen LogP contribution in [0.3, 0.4) is 0 Å². The number of aryl methyl sites for hydroxylation is 1. The smallest absolute Gasteiger partial charge is 0.258 e. The van der Waals surface area contributed by atoms with Crippen LogP contribution in [0.15, 0.2) is 78.4 Å². The summed E-state index contributed by atoms with van der Waals surface area (Å²) in [5, 5.41) is 9.59. The van der Waals surface area contributed by atoms with E-state index in [4.69, 9.17) is 39.5 Å². The second kappa shape index (κ2) is 11.4. The fourth-order valence-corrected chi connectivity index (χ4v) is 8.78. The Bertz CT molecular complexity index is 1870. The molecular weight excluding hydrogens is 670 g/mol. The summed E-state index contributed by atoms with van der Waals surface area (Å²) in [7, 11) is 0. The van der Waals surface area contributed by atoms with Crippen LogP contribution in [-0.2, 0) is 19.2 Å². The predicted octanol–water partition coefficient (Wildman–Crippen LogP) is 5.93. The maximum absolute atomic E-state index is 14.4. The molecule has 0 bridgehead atoms. The van der Waals surface area contributed by atoms with E-state index in [0.29, 0.717) is 27.6 Å². The van der Waals surface area contributed by atoms with Crippen molar-refractivity contribution in [2.24, 2.45) is 17.8 Å². The number of ether oxygens (including phenoxy) is 1. The van der Waals surface area contributed by atoms with E-state index >= 15 is 0 Å². The first kappa shape index (κ1) is 31.8. The van der Waals surface area contributed by atoms with E-state index in [9.17, 15) is 28.7 Å². The third-order valence-corrected chi connectivity index (χ3v) is 11.7. The number of allylic oxidation sites excluding steroid dienone is 2. The van der Waals surface area contributed by atoms with Gasteiger partial charge in [-0.25, -0.2) is 14.2 Å². The Morgan fingerprint density at radius 2 is 1.57 bits per heavy atom. The average Bonchev–Trinajstić information content (AvgIpc) is 3.40. The Labute approximate surface area is 284 Å². The average molecular weight is 698 g/mol. The van der Waals surface area contributed by atoms with Gasteiger partial charge in [0.2, 0.25) is 11.8 Å². The molecule has 1 saturated carbocycles. The second-order valence-corrected chi connectivity index (χ2v) is 14.0. The third-order valence-electron chi connectivity index (χ3n) is 9.88. The van der Waals surface area contributed by atoms with Crippen LogP contribution in [-0.4, -0.2) is 51.7 Å². The molecule has 2 aliphatic heterocycles. The zero-order valence-electron chi connectivity index (χ0n) is 25.0. The van der Waals surface area contributed by atoms with Gasteiger partial charge in [0.1, 0.15) is 18.2 Å². The molecule has 6 unspecified atom stereocenters. The maximum atomic E-state index is 14.4. The molecule has 2 heterocycles. The molecule has 0 spiro atoms. The molecule has 12 heteroatoms. The molecule has 6 atom stereocenters. The Hall–Kier alpha value is -3.76. The Morgan fingerprint density at radius 3 is 2.23 bits per heavy atom. The van der Waals surface area contributed by atoms with Crippen LogP contribution in [0.4, 0.5) is 15.8 Å². The van der Waals surface area contributed by atoms with Crippen molar-refractivity contribution in [3.8, 4) is 5.75 Å². The molecule has 3 fully saturated rings. The number of benzene rings is 3. The summed E-state index contributed by atoms with van der Waals surface area (Å²) >= 11 is 21.2. The highest BCUT2D eigenvalue weighted by molar-refractivity contribution is 6.58. The van der Waals surface area contributed by atoms with Crippen molar-refractivity contribution in [2.75, 3.05) is 23.0 Å². The first-order chi connectivity index (χ1) is 22.4. The van der Waals surface area contributed by atoms with Crippen LogP contribution in [0, 0.1) is 30.5 Å². The monoisotopic (exact) mass is 696 g/mol. The molecule has 2 aliphatic carbocycles. The Balaban J connectivity index is 1.36. The fourth-order valence-electron chi connectivity index (χ4n) is 7.67. The van der Waals surface area contributed by atoms with E-state index in [2.05, 4.69) is 0 Å². The number of imide groups is 2. The summed E-state index contributed by atoms with van der Waals surface area (Å²) in [5.41, 5.74) is 2.41. The molecule has 0 radical (unpaired) electrons. The topological polar surface area (TPSA) is 104 Å². The number of rotatable bonds is 6. The highest BCUT2D eigenvalue weighted by atomic mass is 35.5. The SMILES string of the molecule is Cc1ccc(N2C(=O)C3CC=C4C(CC5(Cl)C(=O)N(c6ccc(F)cc6)C(=O)C5(Cl)C4c4ccc(OCCO)cc4)C3C2=O)cc1Cl. The zero-order valence-corrected chi connectivity index (χ0v) is 27.2. The summed E-state index contributed by atoms with van der Waals surface area (Å²) in [6.45, 7) is 1.70. The largest absolute Gasteiger partial charge is 0.491 e. The number of hydrogen-bond donors (Lipinski definition) is 1. The number of nitrogens with zero attached hydrogens (tertiary/aromatic N) is 2. The summed E-state index contributed by atoms with van der Waals surface area (Å²) in [5.74, 6) is -5.81. The molecule has 47 heavy (non-hydrogen) atoms. The van der Waals surface area contributed by atoms with Gasteiger partial charge >= 0.3 is 0 Å². The molecule has 1 N–H and O–H groups in total. The lowest BCUT2D eigenvalue weighted by Gasteiger charge is -2.50. The van der Waals surface area contributed by atoms with Crippen molar-refractivity contribution in [3.05, 3.63) is 100 Å². The van der Waals surface area contributed by atoms with Crippen LogP contribution >= 0.6 is 34.8 Å². The summed E-state index contributed by atoms with van der Waals surface area (Å²) in [4.78, 5) is 54.8. The van der Waals surface area contributed by atoms with Crippen molar-refractivity contribution in [3.63, 3.8) is 0 Å². The van der Waals surface area contributed by atoms with Crippen molar-refractivity contribution < 1.29 is 33.4 Å². The predicted molar refractivity (Wildman–Crippen MR) is 174 cm³/mol. The van der Waals surface area contributed by atoms with Crippen LogP contribution in [0.5, 0.6) is 5.75 Å². The lowest BCUT2D eigenvalue weighted by atomic mass is 9.56. The molecule has 8 nitrogen and oxygen atoms in total. The molecule has 4 aliphatic rings. The van der Waals surface area contributed by atoms with Gasteiger partial charge in [0.15, 0.2) is 9.75 Å². The van der Waals surface area contributed by atoms with Gasteiger partial charge in [-0.15, -0.1) is 23.2 Å². The number of alkyl halides is 2. The van der Waals surface area contributed by atoms with Crippen molar-refractivity contribution in [1.29, 1.82) is 0 Å². The van der Waals surface area contributed by atoms with Gasteiger partial charge in [-0.2, -0.15) is 0 Å². The van der Waals surface area contributed by atoms with E-state index < -0.39 is 57.0 Å². The second-order valence-electron chi connectivity index (χ2n) is 12.3. The van der Waals surface area contributed by atoms with Gasteiger partial charge in [0, 0.05) is 10.9 Å². The number of aliphatic hydroxyl groups is 1. The van der Waals surface area contributed by atoms with E-state index in [0.717, 1.165) is 27.5 Å². The number of carbonyl (C=O) groups is 4. The molecule has 242 valence electrons. The highest BCUT2D eigenvalue weighted by Gasteiger charge is 2.76. The maximum Gasteiger partial charge on any atom is 0.258 e. The molecule has 7 rings (SSSR count). The molecule has 0 aromatic heterocycles. The summed E-state index contributed by atoms with van der Waals surface area (Å²) in [6, 6.07) is 16.6. The third kappa shape index (κ3) is 4.58. The van der Waals surface area contributed by atoms with Crippen LogP contribution in [0.2, 0.25) is 5.02 Å². The van der Waals surface area contributed by atoms with Crippen LogP contribution in [0.1, 0.15) is 29.9 Å². The number of aliphatic hydroxyl groups excluding tert-OH is 1. The minimum Gasteiger partial charge on any atom is -0.491 e. The van der Waals surface area contributed by atoms with Crippen LogP contribution in [0.25, 0.3) is 0 Å². The number of amides is 4. The van der Waals surface area contributed by atoms with Crippen molar-refractivity contribution in [1.82, 2.24) is 0 Å². The van der Waals surface area contributed by atoms with Crippen molar-refractivity contribution in [2.45, 2.75) is 35.4 Å². The Kier molecular flexibility index (Phi) is 7.75. The lowest BCUT2D eigenvalue weighted by molar-refractivity contribution is -0.125. The molecule has 2 saturated heterocycles. The number of carbonyl (C=O) groups excluding carboxylic acids is 4. The van der Waals surface area contributed by atoms with Gasteiger partial charge in [-0.1, -0.05) is 41.4 Å². The molecule has 4 amide bonds. The van der Waals surface area contributed by atoms with E-state index in [1.165, 1.54) is 12.1 Å². The van der Waals surface area contributed by atoms with Gasteiger partial charge in [-0.05, 0) is 85.3 Å². The zero-order chi connectivity index (χ0) is 33.4. The number of anilines is 2. The van der Waals surface area contributed by atoms with E-state index in [1.807, 2.05) is 13.0 Å². The first-order valence-electron chi connectivity index (χ1n) is 15.1. The minimum absolute atomic E-state index is 0.0712. The minimum atomic E-state index is -2.04. The lowest BCUT2D eigenvalue weighted by Crippen LogP contribution is -2.60. The summed E-state index contributed by atoms with van der Waals surface area (Å²) < 4.78 is 19.4. The normalized spacial score (nSPS) is 29.9. The van der Waals surface area contributed by atoms with Gasteiger partial charge in [0.05, 0.1) is 29.8 Å². The van der Waals surface area contributed by atoms with Crippen molar-refractivity contribution >= 4 is 69.8 Å². The molecule has 3 aromatic carbocycles. The van der Waals surface area contributed by atoms with Gasteiger partial charge in [0.25, 0.3) is 11.8 Å². The molecule has 3 aromatic rings. The standard InChI is InChI=1S/C35H28Cl3FN2O6/c1-18-2-7-22(16-27(18)36)40-30(43)25-13-12-24-26(28(25)31(40)44)17-34(37)32(45)41(21-8-5-20(39)6-9-21)33(46)35(34,38)29(24)19-3-10-23(11-4-19)47-15-14-42/h2-12,16,25-26,28-29,42H,13-15,17H2,1H3. The quantitative estimate of drug-likeness (QED) is 0.195. The van der Waals surface area contributed by atoms with E-state index in [1.54, 1.807) is 42.5 Å². The van der Waals surface area contributed by atoms with E-state index in [-0.39, 0.29) is 37.6 Å². The van der Waals surface area contributed by atoms with Gasteiger partial charge in [-0.3, -0.25) is 19.2 Å². The number of halogens is 4. The highest BCUT2D eigenvalue weighted by Crippen LogP contribution is 2.66. The van der Waals surface area contributed by atoms with Gasteiger partial charge < -0.3 is 9.84 Å². The number of fused-ring (bicyclic) bond motifs is 4. The molecular formula is C35H28Cl3FN2O6. The number of hydrogen-bond acceptors (Lipinski definition) is 6.